The molecular weight excluding hydrogens is 453 g/mol. The van der Waals surface area contributed by atoms with Crippen molar-refractivity contribution in [2.75, 3.05) is 43.4 Å². The number of nitrogens with zero attached hydrogens (tertiary/aromatic N) is 3. The lowest BCUT2D eigenvalue weighted by Crippen LogP contribution is -2.29. The summed E-state index contributed by atoms with van der Waals surface area (Å²) in [6.07, 6.45) is -2.24. The van der Waals surface area contributed by atoms with Crippen LogP contribution in [0.15, 0.2) is 41.0 Å². The number of pyridine rings is 1. The number of ether oxygens (including phenoxy) is 1. The zero-order valence-corrected chi connectivity index (χ0v) is 17.3. The zero-order chi connectivity index (χ0) is 21.0. The number of carbonyl (C=O) groups excluding carboxylic acids is 1. The second-order valence-electron chi connectivity index (χ2n) is 6.70. The lowest BCUT2D eigenvalue weighted by molar-refractivity contribution is -0.274. The number of hydrogen-bond acceptors (Lipinski definition) is 5. The van der Waals surface area contributed by atoms with Crippen molar-refractivity contribution < 1.29 is 22.7 Å². The Kier molecular flexibility index (Phi) is 6.63. The van der Waals surface area contributed by atoms with E-state index in [1.54, 1.807) is 6.07 Å². The normalized spacial score (nSPS) is 15.7. The molecule has 0 bridgehead atoms. The first-order valence-corrected chi connectivity index (χ1v) is 9.77. The van der Waals surface area contributed by atoms with Crippen LogP contribution in [0.2, 0.25) is 0 Å². The smallest absolute Gasteiger partial charge is 0.406 e. The van der Waals surface area contributed by atoms with E-state index in [4.69, 9.17) is 0 Å². The number of rotatable bonds is 4. The van der Waals surface area contributed by atoms with Crippen LogP contribution in [0, 0.1) is 0 Å². The fourth-order valence-corrected chi connectivity index (χ4v) is 3.59. The molecule has 1 saturated heterocycles. The van der Waals surface area contributed by atoms with Crippen LogP contribution in [0.3, 0.4) is 0 Å². The number of hydrogen-bond donors (Lipinski definition) is 1. The van der Waals surface area contributed by atoms with Crippen molar-refractivity contribution in [3.63, 3.8) is 0 Å². The van der Waals surface area contributed by atoms with Crippen LogP contribution in [0.4, 0.5) is 24.7 Å². The van der Waals surface area contributed by atoms with Gasteiger partial charge in [-0.25, -0.2) is 4.98 Å². The van der Waals surface area contributed by atoms with Gasteiger partial charge in [0.05, 0.1) is 10.0 Å². The van der Waals surface area contributed by atoms with Crippen molar-refractivity contribution in [1.82, 2.24) is 9.88 Å². The van der Waals surface area contributed by atoms with Crippen LogP contribution in [-0.4, -0.2) is 55.4 Å². The zero-order valence-electron chi connectivity index (χ0n) is 15.7. The van der Waals surface area contributed by atoms with Gasteiger partial charge in [-0.2, -0.15) is 0 Å². The Morgan fingerprint density at radius 1 is 1.17 bits per heavy atom. The SMILES string of the molecule is CN1CCCN(c2ncc(C(=O)Nc3ccc(OC(F)(F)F)cc3)cc2Br)CC1. The molecule has 1 aliphatic heterocycles. The second-order valence-corrected chi connectivity index (χ2v) is 7.55. The van der Waals surface area contributed by atoms with Gasteiger partial charge in [0.2, 0.25) is 0 Å². The van der Waals surface area contributed by atoms with Gasteiger partial charge in [-0.15, -0.1) is 13.2 Å². The van der Waals surface area contributed by atoms with Crippen molar-refractivity contribution in [1.29, 1.82) is 0 Å². The molecule has 0 aliphatic carbocycles. The summed E-state index contributed by atoms with van der Waals surface area (Å²) in [6.45, 7) is 3.69. The molecule has 0 radical (unpaired) electrons. The largest absolute Gasteiger partial charge is 0.573 e. The molecule has 0 unspecified atom stereocenters. The second kappa shape index (κ2) is 9.00. The number of halogens is 4. The number of anilines is 2. The lowest BCUT2D eigenvalue weighted by atomic mass is 10.2. The number of nitrogens with one attached hydrogen (secondary N) is 1. The van der Waals surface area contributed by atoms with Gasteiger partial charge in [0.1, 0.15) is 11.6 Å². The summed E-state index contributed by atoms with van der Waals surface area (Å²) in [5.41, 5.74) is 0.684. The van der Waals surface area contributed by atoms with E-state index in [0.29, 0.717) is 15.7 Å². The van der Waals surface area contributed by atoms with E-state index in [2.05, 4.69) is 47.8 Å². The summed E-state index contributed by atoms with van der Waals surface area (Å²) in [5.74, 6) is 0.0164. The molecule has 1 amide bonds. The highest BCUT2D eigenvalue weighted by molar-refractivity contribution is 9.10. The number of amides is 1. The first-order valence-electron chi connectivity index (χ1n) is 8.97. The molecule has 2 aromatic rings. The van der Waals surface area contributed by atoms with Gasteiger partial charge in [0.25, 0.3) is 5.91 Å². The Morgan fingerprint density at radius 2 is 1.90 bits per heavy atom. The maximum atomic E-state index is 12.5. The third-order valence-corrected chi connectivity index (χ3v) is 5.03. The van der Waals surface area contributed by atoms with Crippen LogP contribution in [-0.2, 0) is 0 Å². The Morgan fingerprint density at radius 3 is 2.55 bits per heavy atom. The molecule has 1 N–H and O–H groups in total. The molecule has 10 heteroatoms. The van der Waals surface area contributed by atoms with Gasteiger partial charge in [-0.05, 0) is 66.3 Å². The summed E-state index contributed by atoms with van der Waals surface area (Å²) in [5, 5.41) is 2.63. The van der Waals surface area contributed by atoms with Crippen molar-refractivity contribution in [3.05, 3.63) is 46.6 Å². The lowest BCUT2D eigenvalue weighted by Gasteiger charge is -2.23. The average Bonchev–Trinajstić information content (AvgIpc) is 2.86. The minimum atomic E-state index is -4.76. The first-order chi connectivity index (χ1) is 13.7. The van der Waals surface area contributed by atoms with Crippen LogP contribution in [0.5, 0.6) is 5.75 Å². The third kappa shape index (κ3) is 6.07. The number of benzene rings is 1. The fourth-order valence-electron chi connectivity index (χ4n) is 2.99. The molecule has 156 valence electrons. The minimum Gasteiger partial charge on any atom is -0.406 e. The van der Waals surface area contributed by atoms with Gasteiger partial charge in [-0.3, -0.25) is 4.79 Å². The van der Waals surface area contributed by atoms with E-state index >= 15 is 0 Å². The number of likely N-dealkylation sites (N-methyl/N-ethyl adjacent to an activating group) is 1. The molecule has 1 aliphatic rings. The van der Waals surface area contributed by atoms with Gasteiger partial charge >= 0.3 is 6.36 Å². The molecule has 0 saturated carbocycles. The Hall–Kier alpha value is -2.33. The van der Waals surface area contributed by atoms with Crippen LogP contribution >= 0.6 is 15.9 Å². The van der Waals surface area contributed by atoms with Crippen LogP contribution < -0.4 is 15.0 Å². The topological polar surface area (TPSA) is 57.7 Å². The Labute approximate surface area is 174 Å². The number of alkyl halides is 3. The van der Waals surface area contributed by atoms with Gasteiger partial charge in [-0.1, -0.05) is 0 Å². The maximum absolute atomic E-state index is 12.5. The van der Waals surface area contributed by atoms with E-state index in [1.807, 2.05) is 0 Å². The molecule has 1 fully saturated rings. The highest BCUT2D eigenvalue weighted by Crippen LogP contribution is 2.27. The highest BCUT2D eigenvalue weighted by atomic mass is 79.9. The van der Waals surface area contributed by atoms with Crippen molar-refractivity contribution in [2.45, 2.75) is 12.8 Å². The first kappa shape index (κ1) is 21.4. The van der Waals surface area contributed by atoms with Crippen LogP contribution in [0.25, 0.3) is 0 Å². The van der Waals surface area contributed by atoms with Crippen LogP contribution in [0.1, 0.15) is 16.8 Å². The molecule has 2 heterocycles. The Balaban J connectivity index is 1.66. The predicted molar refractivity (Wildman–Crippen MR) is 107 cm³/mol. The van der Waals surface area contributed by atoms with E-state index in [1.165, 1.54) is 18.3 Å². The van der Waals surface area contributed by atoms with Gasteiger partial charge in [0.15, 0.2) is 0 Å². The van der Waals surface area contributed by atoms with Crippen molar-refractivity contribution >= 4 is 33.3 Å². The van der Waals surface area contributed by atoms with Crippen molar-refractivity contribution in [3.8, 4) is 5.75 Å². The summed E-state index contributed by atoms with van der Waals surface area (Å²) in [7, 11) is 2.08. The molecular formula is C19H20BrF3N4O2. The van der Waals surface area contributed by atoms with Gasteiger partial charge < -0.3 is 19.9 Å². The number of carbonyl (C=O) groups is 1. The average molecular weight is 473 g/mol. The molecule has 0 spiro atoms. The summed E-state index contributed by atoms with van der Waals surface area (Å²) in [6, 6.07) is 6.63. The van der Waals surface area contributed by atoms with E-state index < -0.39 is 12.3 Å². The summed E-state index contributed by atoms with van der Waals surface area (Å²) < 4.78 is 41.2. The predicted octanol–water partition coefficient (Wildman–Crippen LogP) is 4.14. The molecule has 6 nitrogen and oxygen atoms in total. The van der Waals surface area contributed by atoms with Gasteiger partial charge in [0, 0.05) is 31.5 Å². The monoisotopic (exact) mass is 472 g/mol. The fraction of sp³-hybridized carbons (Fsp3) is 0.368. The molecule has 29 heavy (non-hydrogen) atoms. The summed E-state index contributed by atoms with van der Waals surface area (Å²) in [4.78, 5) is 21.3. The quantitative estimate of drug-likeness (QED) is 0.724. The van der Waals surface area contributed by atoms with Crippen molar-refractivity contribution in [2.24, 2.45) is 0 Å². The standard InChI is InChI=1S/C19H20BrF3N4O2/c1-26-7-2-8-27(10-9-26)17-16(20)11-13(12-24-17)18(28)25-14-3-5-15(6-4-14)29-19(21,22)23/h3-6,11-12H,2,7-10H2,1H3,(H,25,28). The molecule has 0 atom stereocenters. The molecule has 3 rings (SSSR count). The molecule has 1 aromatic carbocycles. The van der Waals surface area contributed by atoms with E-state index in [9.17, 15) is 18.0 Å². The summed E-state index contributed by atoms with van der Waals surface area (Å²) >= 11 is 3.49. The Bertz CT molecular complexity index is 862. The highest BCUT2D eigenvalue weighted by Gasteiger charge is 2.31. The number of aromatic nitrogens is 1. The van der Waals surface area contributed by atoms with E-state index in [-0.39, 0.29) is 5.75 Å². The third-order valence-electron chi connectivity index (χ3n) is 4.45. The minimum absolute atomic E-state index is 0.336. The van der Waals surface area contributed by atoms with E-state index in [0.717, 1.165) is 50.6 Å². The molecule has 1 aromatic heterocycles. The maximum Gasteiger partial charge on any atom is 0.573 e.